The molecule has 0 bridgehead atoms. The third-order valence-corrected chi connectivity index (χ3v) is 7.14. The summed E-state index contributed by atoms with van der Waals surface area (Å²) in [5.74, 6) is 3.53. The molecule has 15 heteroatoms. The Kier molecular flexibility index (Phi) is 11.8. The minimum absolute atomic E-state index is 0.527. The summed E-state index contributed by atoms with van der Waals surface area (Å²) >= 11 is 0. The minimum Gasteiger partial charge on any atom is -0.383 e. The zero-order valence-corrected chi connectivity index (χ0v) is 25.8. The third kappa shape index (κ3) is 7.51. The Hall–Kier alpha value is -3.40. The van der Waals surface area contributed by atoms with E-state index < -0.39 is 0 Å². The Balaban J connectivity index is 1.93. The van der Waals surface area contributed by atoms with Crippen LogP contribution in [0.25, 0.3) is 11.0 Å². The van der Waals surface area contributed by atoms with Crippen molar-refractivity contribution >= 4 is 34.6 Å². The summed E-state index contributed by atoms with van der Waals surface area (Å²) < 4.78 is 23.6. The van der Waals surface area contributed by atoms with Gasteiger partial charge in [0.05, 0.1) is 39.5 Å². The first-order valence-corrected chi connectivity index (χ1v) is 14.4. The lowest BCUT2D eigenvalue weighted by atomic mass is 10.3. The van der Waals surface area contributed by atoms with Crippen molar-refractivity contribution < 1.29 is 18.9 Å². The van der Waals surface area contributed by atoms with Crippen LogP contribution < -0.4 is 19.6 Å². The molecule has 0 saturated carbocycles. The smallest absolute Gasteiger partial charge is 0.228 e. The topological polar surface area (TPSA) is 132 Å². The van der Waals surface area contributed by atoms with Crippen LogP contribution >= 0.6 is 0 Å². The first kappa shape index (κ1) is 31.5. The third-order valence-electron chi connectivity index (χ3n) is 7.14. The van der Waals surface area contributed by atoms with Gasteiger partial charge in [0, 0.05) is 74.8 Å². The van der Waals surface area contributed by atoms with Crippen molar-refractivity contribution in [1.82, 2.24) is 34.7 Å². The average molecular weight is 588 g/mol. The van der Waals surface area contributed by atoms with Crippen molar-refractivity contribution in [3.8, 4) is 0 Å². The Morgan fingerprint density at radius 3 is 1.88 bits per heavy atom. The van der Waals surface area contributed by atoms with Crippen LogP contribution in [-0.4, -0.2) is 136 Å². The molecule has 1 aliphatic rings. The predicted molar refractivity (Wildman–Crippen MR) is 162 cm³/mol. The van der Waals surface area contributed by atoms with E-state index >= 15 is 0 Å². The van der Waals surface area contributed by atoms with Crippen molar-refractivity contribution in [3.05, 3.63) is 12.2 Å². The highest BCUT2D eigenvalue weighted by atomic mass is 16.5. The molecule has 0 spiro atoms. The van der Waals surface area contributed by atoms with Gasteiger partial charge in [-0.05, 0) is 6.42 Å². The second-order valence-electron chi connectivity index (χ2n) is 10.1. The van der Waals surface area contributed by atoms with Gasteiger partial charge in [-0.2, -0.15) is 15.1 Å². The molecule has 0 fully saturated rings. The first-order chi connectivity index (χ1) is 20.5. The van der Waals surface area contributed by atoms with Crippen LogP contribution in [0.3, 0.4) is 0 Å². The molecule has 232 valence electrons. The molecule has 4 rings (SSSR count). The molecular formula is C27H45N11O4. The average Bonchev–Trinajstić information content (AvgIpc) is 3.48. The number of aromatic nitrogens is 7. The molecule has 4 heterocycles. The second kappa shape index (κ2) is 15.7. The largest absolute Gasteiger partial charge is 0.383 e. The summed E-state index contributed by atoms with van der Waals surface area (Å²) in [7, 11) is 8.81. The van der Waals surface area contributed by atoms with Crippen molar-refractivity contribution in [2.45, 2.75) is 26.4 Å². The quantitative estimate of drug-likeness (QED) is 0.210. The number of ether oxygens (including phenoxy) is 4. The standard InChI is InChI=1S/C27H45N11O4/c1-7-8-34(2)24-22-23(31-26(32-24)35(11-15-39-3)12-16-40-4)25(37-9-10-38-21(19-37)28-20-29-38)33-27(30-22)36(13-17-41-5)14-18-42-6/h20H,7-19H2,1-6H3. The van der Waals surface area contributed by atoms with Crippen LogP contribution in [-0.2, 0) is 32.0 Å². The van der Waals surface area contributed by atoms with Crippen LogP contribution in [0.2, 0.25) is 0 Å². The van der Waals surface area contributed by atoms with E-state index in [-0.39, 0.29) is 0 Å². The lowest BCUT2D eigenvalue weighted by molar-refractivity contribution is 0.189. The number of methoxy groups -OCH3 is 4. The van der Waals surface area contributed by atoms with E-state index in [4.69, 9.17) is 38.9 Å². The molecule has 3 aromatic rings. The molecule has 0 radical (unpaired) electrons. The summed E-state index contributed by atoms with van der Waals surface area (Å²) in [5, 5.41) is 4.36. The van der Waals surface area contributed by atoms with E-state index in [0.29, 0.717) is 95.2 Å². The van der Waals surface area contributed by atoms with E-state index in [1.807, 2.05) is 11.7 Å². The Bertz CT molecular complexity index is 1240. The fraction of sp³-hybridized carbons (Fsp3) is 0.704. The fourth-order valence-corrected chi connectivity index (χ4v) is 4.85. The van der Waals surface area contributed by atoms with Gasteiger partial charge >= 0.3 is 0 Å². The van der Waals surface area contributed by atoms with Gasteiger partial charge in [-0.1, -0.05) is 6.92 Å². The summed E-state index contributed by atoms with van der Waals surface area (Å²) in [6.45, 7) is 9.48. The molecule has 0 saturated heterocycles. The summed E-state index contributed by atoms with van der Waals surface area (Å²) in [6.07, 6.45) is 2.55. The molecule has 1 aliphatic heterocycles. The summed E-state index contributed by atoms with van der Waals surface area (Å²) in [4.78, 5) is 33.5. The van der Waals surface area contributed by atoms with E-state index in [1.165, 1.54) is 0 Å². The summed E-state index contributed by atoms with van der Waals surface area (Å²) in [5.41, 5.74) is 1.38. The molecule has 0 atom stereocenters. The molecule has 15 nitrogen and oxygen atoms in total. The van der Waals surface area contributed by atoms with E-state index in [9.17, 15) is 0 Å². The van der Waals surface area contributed by atoms with Crippen LogP contribution in [0.5, 0.6) is 0 Å². The van der Waals surface area contributed by atoms with Gasteiger partial charge in [0.2, 0.25) is 11.9 Å². The van der Waals surface area contributed by atoms with E-state index in [1.54, 1.807) is 34.8 Å². The van der Waals surface area contributed by atoms with Crippen LogP contribution in [0.1, 0.15) is 19.2 Å². The van der Waals surface area contributed by atoms with Crippen molar-refractivity contribution in [3.63, 3.8) is 0 Å². The molecule has 3 aromatic heterocycles. The van der Waals surface area contributed by atoms with Crippen LogP contribution in [0.15, 0.2) is 6.33 Å². The molecular weight excluding hydrogens is 542 g/mol. The Labute approximate surface area is 247 Å². The normalized spacial score (nSPS) is 13.0. The highest BCUT2D eigenvalue weighted by Crippen LogP contribution is 2.33. The molecule has 0 unspecified atom stereocenters. The lowest BCUT2D eigenvalue weighted by Crippen LogP contribution is -2.37. The van der Waals surface area contributed by atoms with E-state index in [0.717, 1.165) is 30.4 Å². The zero-order chi connectivity index (χ0) is 29.9. The van der Waals surface area contributed by atoms with Gasteiger partial charge < -0.3 is 38.5 Å². The second-order valence-corrected chi connectivity index (χ2v) is 10.1. The lowest BCUT2D eigenvalue weighted by Gasteiger charge is -2.31. The number of hydrogen-bond donors (Lipinski definition) is 0. The SMILES string of the molecule is CCCN(C)c1nc(N(CCOC)CCOC)nc2c(N3CCn4ncnc4C3)nc(N(CCOC)CCOC)nc12. The first-order valence-electron chi connectivity index (χ1n) is 14.4. The number of hydrogen-bond acceptors (Lipinski definition) is 14. The van der Waals surface area contributed by atoms with Gasteiger partial charge in [-0.25, -0.2) is 19.6 Å². The number of fused-ring (bicyclic) bond motifs is 2. The molecule has 0 amide bonds. The zero-order valence-electron chi connectivity index (χ0n) is 25.8. The summed E-state index contributed by atoms with van der Waals surface area (Å²) in [6, 6.07) is 0. The van der Waals surface area contributed by atoms with Gasteiger partial charge in [0.1, 0.15) is 23.2 Å². The van der Waals surface area contributed by atoms with Crippen molar-refractivity contribution in [1.29, 1.82) is 0 Å². The molecule has 42 heavy (non-hydrogen) atoms. The maximum atomic E-state index is 5.41. The maximum Gasteiger partial charge on any atom is 0.228 e. The Morgan fingerprint density at radius 2 is 1.31 bits per heavy atom. The van der Waals surface area contributed by atoms with Gasteiger partial charge in [0.15, 0.2) is 11.6 Å². The molecule has 0 aliphatic carbocycles. The van der Waals surface area contributed by atoms with E-state index in [2.05, 4.69) is 36.6 Å². The minimum atomic E-state index is 0.527. The van der Waals surface area contributed by atoms with Gasteiger partial charge in [0.25, 0.3) is 0 Å². The van der Waals surface area contributed by atoms with Gasteiger partial charge in [-0.3, -0.25) is 0 Å². The number of rotatable bonds is 18. The predicted octanol–water partition coefficient (Wildman–Crippen LogP) is 1.08. The van der Waals surface area contributed by atoms with Crippen molar-refractivity contribution in [2.24, 2.45) is 0 Å². The highest BCUT2D eigenvalue weighted by molar-refractivity contribution is 5.95. The van der Waals surface area contributed by atoms with Gasteiger partial charge in [-0.15, -0.1) is 0 Å². The fourth-order valence-electron chi connectivity index (χ4n) is 4.85. The highest BCUT2D eigenvalue weighted by Gasteiger charge is 2.27. The molecule has 0 aromatic carbocycles. The van der Waals surface area contributed by atoms with Crippen LogP contribution in [0, 0.1) is 0 Å². The maximum absolute atomic E-state index is 5.41. The van der Waals surface area contributed by atoms with Crippen molar-refractivity contribution in [2.75, 3.05) is 121 Å². The molecule has 0 N–H and O–H groups in total. The number of nitrogens with zero attached hydrogens (tertiary/aromatic N) is 11. The number of anilines is 4. The van der Waals surface area contributed by atoms with Crippen LogP contribution in [0.4, 0.5) is 23.5 Å². The monoisotopic (exact) mass is 587 g/mol. The Morgan fingerprint density at radius 1 is 0.738 bits per heavy atom.